The molecule has 0 unspecified atom stereocenters. The minimum absolute atomic E-state index is 0.0356. The van der Waals surface area contributed by atoms with Crippen LogP contribution in [-0.2, 0) is 6.42 Å². The van der Waals surface area contributed by atoms with Gasteiger partial charge in [0.05, 0.1) is 7.11 Å². The molecule has 0 amide bonds. The van der Waals surface area contributed by atoms with Crippen molar-refractivity contribution in [1.82, 2.24) is 10.6 Å². The number of allylic oxidation sites excluding steroid dienone is 1. The first-order valence-electron chi connectivity index (χ1n) is 7.71. The van der Waals surface area contributed by atoms with Crippen LogP contribution in [0.25, 0.3) is 0 Å². The molecule has 0 spiro atoms. The van der Waals surface area contributed by atoms with Crippen molar-refractivity contribution in [3.05, 3.63) is 77.1 Å². The molecule has 4 nitrogen and oxygen atoms in total. The van der Waals surface area contributed by atoms with Gasteiger partial charge in [-0.25, -0.2) is 0 Å². The summed E-state index contributed by atoms with van der Waals surface area (Å²) in [6.45, 7) is 1.67. The van der Waals surface area contributed by atoms with Gasteiger partial charge < -0.3 is 15.4 Å². The van der Waals surface area contributed by atoms with Gasteiger partial charge in [0.1, 0.15) is 11.6 Å². The first-order valence-corrected chi connectivity index (χ1v) is 7.71. The highest BCUT2D eigenvalue weighted by Crippen LogP contribution is 2.19. The van der Waals surface area contributed by atoms with E-state index in [1.165, 1.54) is 0 Å². The van der Waals surface area contributed by atoms with Crippen LogP contribution in [0.15, 0.2) is 66.0 Å². The Bertz CT molecular complexity index is 698. The molecule has 0 aliphatic carbocycles. The minimum Gasteiger partial charge on any atom is -0.497 e. The van der Waals surface area contributed by atoms with Gasteiger partial charge in [-0.1, -0.05) is 30.3 Å². The third-order valence-corrected chi connectivity index (χ3v) is 3.88. The normalized spacial score (nSPS) is 13.2. The second-order valence-electron chi connectivity index (χ2n) is 5.43. The lowest BCUT2D eigenvalue weighted by Gasteiger charge is -2.12. The number of hydrogen-bond donors (Lipinski definition) is 2. The molecule has 1 aliphatic heterocycles. The highest BCUT2D eigenvalue weighted by molar-refractivity contribution is 6.09. The first-order chi connectivity index (χ1) is 11.3. The van der Waals surface area contributed by atoms with E-state index in [1.54, 1.807) is 7.11 Å². The molecule has 0 radical (unpaired) electrons. The largest absolute Gasteiger partial charge is 0.497 e. The minimum atomic E-state index is 0.0356. The maximum absolute atomic E-state index is 13.0. The maximum atomic E-state index is 13.0. The fourth-order valence-electron chi connectivity index (χ4n) is 2.65. The van der Waals surface area contributed by atoms with Gasteiger partial charge in [-0.05, 0) is 29.8 Å². The van der Waals surface area contributed by atoms with E-state index in [0.29, 0.717) is 12.0 Å². The number of Topliss-reactive ketones (excluding diaryl/α,β-unsaturated/α-hetero) is 1. The van der Waals surface area contributed by atoms with E-state index in [2.05, 4.69) is 10.6 Å². The van der Waals surface area contributed by atoms with E-state index in [9.17, 15) is 4.79 Å². The van der Waals surface area contributed by atoms with Crippen LogP contribution in [0.3, 0.4) is 0 Å². The number of ketones is 1. The summed E-state index contributed by atoms with van der Waals surface area (Å²) in [5.74, 6) is 1.62. The van der Waals surface area contributed by atoms with Crippen molar-refractivity contribution in [1.29, 1.82) is 0 Å². The number of nitrogens with one attached hydrogen (secondary N) is 2. The molecule has 0 aromatic heterocycles. The predicted molar refractivity (Wildman–Crippen MR) is 90.5 cm³/mol. The molecule has 118 valence electrons. The van der Waals surface area contributed by atoms with Crippen LogP contribution >= 0.6 is 0 Å². The zero-order valence-corrected chi connectivity index (χ0v) is 13.1. The maximum Gasteiger partial charge on any atom is 0.192 e. The van der Waals surface area contributed by atoms with Crippen LogP contribution in [0.1, 0.15) is 15.9 Å². The summed E-state index contributed by atoms with van der Waals surface area (Å²) >= 11 is 0. The van der Waals surface area contributed by atoms with E-state index in [-0.39, 0.29) is 5.78 Å². The average molecular weight is 308 g/mol. The summed E-state index contributed by atoms with van der Waals surface area (Å²) in [5, 5.41) is 6.55. The van der Waals surface area contributed by atoms with Crippen LogP contribution in [0.4, 0.5) is 0 Å². The zero-order valence-electron chi connectivity index (χ0n) is 13.1. The van der Waals surface area contributed by atoms with Crippen LogP contribution in [0.2, 0.25) is 0 Å². The molecule has 0 atom stereocenters. The van der Waals surface area contributed by atoms with Crippen molar-refractivity contribution in [3.8, 4) is 5.75 Å². The Balaban J connectivity index is 1.91. The molecule has 1 aliphatic rings. The van der Waals surface area contributed by atoms with Gasteiger partial charge in [-0.15, -0.1) is 0 Å². The van der Waals surface area contributed by atoms with E-state index in [4.69, 9.17) is 4.74 Å². The summed E-state index contributed by atoms with van der Waals surface area (Å²) in [7, 11) is 1.62. The molecular formula is C19H20N2O2. The van der Waals surface area contributed by atoms with Gasteiger partial charge in [0.2, 0.25) is 0 Å². The molecule has 0 bridgehead atoms. The molecule has 0 saturated carbocycles. The lowest BCUT2D eigenvalue weighted by Crippen LogP contribution is -2.20. The number of carbonyl (C=O) groups excluding carboxylic acids is 1. The fraction of sp³-hybridized carbons (Fsp3) is 0.211. The van der Waals surface area contributed by atoms with E-state index in [1.807, 2.05) is 54.6 Å². The van der Waals surface area contributed by atoms with Gasteiger partial charge >= 0.3 is 0 Å². The molecular weight excluding hydrogens is 288 g/mol. The SMILES string of the molecule is COc1ccc(C(=O)C(Cc2ccccc2)=C2NCCN2)cc1. The highest BCUT2D eigenvalue weighted by atomic mass is 16.5. The monoisotopic (exact) mass is 308 g/mol. The standard InChI is InChI=1S/C19H20N2O2/c1-23-16-9-7-15(8-10-16)18(22)17(19-20-11-12-21-19)13-14-5-3-2-4-6-14/h2-10,20-21H,11-13H2,1H3. The molecule has 1 saturated heterocycles. The number of methoxy groups -OCH3 is 1. The summed E-state index contributed by atoms with van der Waals surface area (Å²) in [6, 6.07) is 17.3. The van der Waals surface area contributed by atoms with Crippen molar-refractivity contribution in [2.45, 2.75) is 6.42 Å². The van der Waals surface area contributed by atoms with Crippen LogP contribution < -0.4 is 15.4 Å². The molecule has 3 rings (SSSR count). The summed E-state index contributed by atoms with van der Waals surface area (Å²) in [5.41, 5.74) is 2.55. The predicted octanol–water partition coefficient (Wildman–Crippen LogP) is 2.53. The van der Waals surface area contributed by atoms with Gasteiger partial charge in [0.25, 0.3) is 0 Å². The smallest absolute Gasteiger partial charge is 0.192 e. The van der Waals surface area contributed by atoms with Crippen molar-refractivity contribution >= 4 is 5.78 Å². The van der Waals surface area contributed by atoms with E-state index >= 15 is 0 Å². The molecule has 2 aromatic rings. The quantitative estimate of drug-likeness (QED) is 0.658. The van der Waals surface area contributed by atoms with Crippen molar-refractivity contribution < 1.29 is 9.53 Å². The molecule has 1 fully saturated rings. The topological polar surface area (TPSA) is 50.4 Å². The van der Waals surface area contributed by atoms with E-state index in [0.717, 1.165) is 35.8 Å². The Morgan fingerprint density at radius 3 is 2.26 bits per heavy atom. The zero-order chi connectivity index (χ0) is 16.1. The van der Waals surface area contributed by atoms with Crippen LogP contribution in [0.5, 0.6) is 5.75 Å². The first kappa shape index (κ1) is 15.2. The Labute approximate surface area is 136 Å². The number of hydrogen-bond acceptors (Lipinski definition) is 4. The third-order valence-electron chi connectivity index (χ3n) is 3.88. The Morgan fingerprint density at radius 1 is 1.00 bits per heavy atom. The fourth-order valence-corrected chi connectivity index (χ4v) is 2.65. The lowest BCUT2D eigenvalue weighted by molar-refractivity contribution is 0.103. The van der Waals surface area contributed by atoms with Gasteiger partial charge in [0.15, 0.2) is 5.78 Å². The number of carbonyl (C=O) groups is 1. The highest BCUT2D eigenvalue weighted by Gasteiger charge is 2.20. The number of rotatable bonds is 5. The van der Waals surface area contributed by atoms with Gasteiger partial charge in [-0.3, -0.25) is 4.79 Å². The second-order valence-corrected chi connectivity index (χ2v) is 5.43. The summed E-state index contributed by atoms with van der Waals surface area (Å²) in [6.07, 6.45) is 0.598. The number of ether oxygens (including phenoxy) is 1. The Morgan fingerprint density at radius 2 is 1.65 bits per heavy atom. The van der Waals surface area contributed by atoms with Crippen molar-refractivity contribution in [2.75, 3.05) is 20.2 Å². The number of benzene rings is 2. The molecule has 23 heavy (non-hydrogen) atoms. The van der Waals surface area contributed by atoms with Crippen LogP contribution in [-0.4, -0.2) is 26.0 Å². The third kappa shape index (κ3) is 3.54. The lowest BCUT2D eigenvalue weighted by atomic mass is 9.96. The molecule has 2 aromatic carbocycles. The summed E-state index contributed by atoms with van der Waals surface area (Å²) < 4.78 is 5.16. The molecule has 2 N–H and O–H groups in total. The summed E-state index contributed by atoms with van der Waals surface area (Å²) in [4.78, 5) is 13.0. The van der Waals surface area contributed by atoms with Gasteiger partial charge in [-0.2, -0.15) is 0 Å². The van der Waals surface area contributed by atoms with Gasteiger partial charge in [0, 0.05) is 30.6 Å². The Kier molecular flexibility index (Phi) is 4.62. The Hall–Kier alpha value is -2.75. The molecule has 4 heteroatoms. The second kappa shape index (κ2) is 7.01. The van der Waals surface area contributed by atoms with Crippen LogP contribution in [0, 0.1) is 0 Å². The van der Waals surface area contributed by atoms with Crippen molar-refractivity contribution in [2.24, 2.45) is 0 Å². The molecule has 1 heterocycles. The van der Waals surface area contributed by atoms with E-state index < -0.39 is 0 Å². The average Bonchev–Trinajstić information content (AvgIpc) is 3.14. The van der Waals surface area contributed by atoms with Crippen molar-refractivity contribution in [3.63, 3.8) is 0 Å².